The number of nitrogens with one attached hydrogen (secondary N) is 1. The second-order valence-electron chi connectivity index (χ2n) is 5.11. The van der Waals surface area contributed by atoms with Gasteiger partial charge in [0.15, 0.2) is 0 Å². The highest BCUT2D eigenvalue weighted by Crippen LogP contribution is 2.32. The molecule has 1 unspecified atom stereocenters. The topological polar surface area (TPSA) is 24.9 Å². The molecule has 2 aromatic heterocycles. The number of aromatic nitrogens is 1. The Kier molecular flexibility index (Phi) is 4.76. The van der Waals surface area contributed by atoms with Crippen LogP contribution in [0.5, 0.6) is 0 Å². The average molecular weight is 294 g/mol. The molecule has 0 aliphatic rings. The van der Waals surface area contributed by atoms with Crippen LogP contribution in [-0.2, 0) is 6.42 Å². The summed E-state index contributed by atoms with van der Waals surface area (Å²) in [5.74, 6) is 0. The molecule has 2 aromatic rings. The average Bonchev–Trinajstić information content (AvgIpc) is 2.92. The number of aryl methyl sites for hydroxylation is 3. The van der Waals surface area contributed by atoms with Crippen LogP contribution in [0.3, 0.4) is 0 Å². The van der Waals surface area contributed by atoms with Crippen LogP contribution in [-0.4, -0.2) is 11.0 Å². The molecule has 2 heterocycles. The lowest BCUT2D eigenvalue weighted by atomic mass is 10.2. The molecule has 4 heteroatoms. The SMILES string of the molecule is CCc1nc(C(NC(C)C)c2ccc(C)s2)sc1C. The molecular formula is C15H22N2S2. The summed E-state index contributed by atoms with van der Waals surface area (Å²) in [5.41, 5.74) is 1.24. The highest BCUT2D eigenvalue weighted by molar-refractivity contribution is 7.13. The van der Waals surface area contributed by atoms with Crippen LogP contribution in [0.1, 0.15) is 52.1 Å². The van der Waals surface area contributed by atoms with Gasteiger partial charge < -0.3 is 5.32 Å². The molecule has 0 aliphatic heterocycles. The van der Waals surface area contributed by atoms with Crippen LogP contribution < -0.4 is 5.32 Å². The van der Waals surface area contributed by atoms with Crippen LogP contribution in [0.2, 0.25) is 0 Å². The first-order chi connectivity index (χ1) is 9.01. The van der Waals surface area contributed by atoms with E-state index in [0.717, 1.165) is 6.42 Å². The van der Waals surface area contributed by atoms with Crippen LogP contribution in [0, 0.1) is 13.8 Å². The highest BCUT2D eigenvalue weighted by Gasteiger charge is 2.21. The molecule has 0 spiro atoms. The summed E-state index contributed by atoms with van der Waals surface area (Å²) in [4.78, 5) is 8.90. The molecule has 104 valence electrons. The van der Waals surface area contributed by atoms with Crippen molar-refractivity contribution in [1.82, 2.24) is 10.3 Å². The van der Waals surface area contributed by atoms with Crippen LogP contribution in [0.25, 0.3) is 0 Å². The molecule has 0 aliphatic carbocycles. The van der Waals surface area contributed by atoms with Crippen molar-refractivity contribution in [3.8, 4) is 0 Å². The standard InChI is InChI=1S/C15H22N2S2/c1-6-12-11(5)19-15(17-12)14(16-9(2)3)13-8-7-10(4)18-13/h7-9,14,16H,6H2,1-5H3. The second-order valence-corrected chi connectivity index (χ2v) is 7.67. The van der Waals surface area contributed by atoms with Gasteiger partial charge in [-0.25, -0.2) is 4.98 Å². The van der Waals surface area contributed by atoms with E-state index in [0.29, 0.717) is 6.04 Å². The van der Waals surface area contributed by atoms with Gasteiger partial charge in [-0.05, 0) is 46.2 Å². The van der Waals surface area contributed by atoms with Crippen molar-refractivity contribution >= 4 is 22.7 Å². The van der Waals surface area contributed by atoms with Gasteiger partial charge >= 0.3 is 0 Å². The predicted molar refractivity (Wildman–Crippen MR) is 85.4 cm³/mol. The normalized spacial score (nSPS) is 13.2. The van der Waals surface area contributed by atoms with E-state index in [2.05, 4.69) is 52.1 Å². The molecule has 2 nitrogen and oxygen atoms in total. The van der Waals surface area contributed by atoms with E-state index in [9.17, 15) is 0 Å². The summed E-state index contributed by atoms with van der Waals surface area (Å²) in [6.07, 6.45) is 1.01. The van der Waals surface area contributed by atoms with Crippen molar-refractivity contribution in [2.24, 2.45) is 0 Å². The molecule has 0 amide bonds. The summed E-state index contributed by atoms with van der Waals surface area (Å²) in [7, 11) is 0. The Morgan fingerprint density at radius 3 is 2.42 bits per heavy atom. The first-order valence-electron chi connectivity index (χ1n) is 6.79. The fraction of sp³-hybridized carbons (Fsp3) is 0.533. The van der Waals surface area contributed by atoms with Gasteiger partial charge in [0, 0.05) is 20.7 Å². The summed E-state index contributed by atoms with van der Waals surface area (Å²) >= 11 is 3.69. The Labute approximate surface area is 123 Å². The van der Waals surface area contributed by atoms with Gasteiger partial charge in [0.25, 0.3) is 0 Å². The first-order valence-corrected chi connectivity index (χ1v) is 8.43. The quantitative estimate of drug-likeness (QED) is 0.880. The Hall–Kier alpha value is -0.710. The minimum absolute atomic E-state index is 0.239. The minimum Gasteiger partial charge on any atom is -0.301 e. The zero-order valence-electron chi connectivity index (χ0n) is 12.3. The van der Waals surface area contributed by atoms with Crippen molar-refractivity contribution in [3.05, 3.63) is 37.5 Å². The Balaban J connectivity index is 2.36. The van der Waals surface area contributed by atoms with E-state index in [-0.39, 0.29) is 6.04 Å². The lowest BCUT2D eigenvalue weighted by Crippen LogP contribution is -2.28. The molecule has 0 bridgehead atoms. The van der Waals surface area contributed by atoms with Crippen molar-refractivity contribution < 1.29 is 0 Å². The van der Waals surface area contributed by atoms with Crippen LogP contribution >= 0.6 is 22.7 Å². The molecule has 0 radical (unpaired) electrons. The Bertz CT molecular complexity index is 540. The Morgan fingerprint density at radius 1 is 1.21 bits per heavy atom. The maximum Gasteiger partial charge on any atom is 0.115 e. The molecular weight excluding hydrogens is 272 g/mol. The molecule has 0 aromatic carbocycles. The molecule has 0 saturated heterocycles. The third kappa shape index (κ3) is 3.44. The molecule has 19 heavy (non-hydrogen) atoms. The van der Waals surface area contributed by atoms with Crippen molar-refractivity contribution in [3.63, 3.8) is 0 Å². The summed E-state index contributed by atoms with van der Waals surface area (Å²) in [6, 6.07) is 5.10. The van der Waals surface area contributed by atoms with E-state index < -0.39 is 0 Å². The van der Waals surface area contributed by atoms with Gasteiger partial charge in [0.1, 0.15) is 5.01 Å². The summed E-state index contributed by atoms with van der Waals surface area (Å²) in [5, 5.41) is 4.85. The molecule has 0 saturated carbocycles. The molecule has 1 N–H and O–H groups in total. The second kappa shape index (κ2) is 6.16. The smallest absolute Gasteiger partial charge is 0.115 e. The molecule has 1 atom stereocenters. The third-order valence-electron chi connectivity index (χ3n) is 3.04. The van der Waals surface area contributed by atoms with Crippen molar-refractivity contribution in [2.45, 2.75) is 53.1 Å². The van der Waals surface area contributed by atoms with Crippen molar-refractivity contribution in [1.29, 1.82) is 0 Å². The number of nitrogens with zero attached hydrogens (tertiary/aromatic N) is 1. The maximum absolute atomic E-state index is 4.83. The monoisotopic (exact) mass is 294 g/mol. The summed E-state index contributed by atoms with van der Waals surface area (Å²) < 4.78 is 0. The van der Waals surface area contributed by atoms with Gasteiger partial charge in [-0.3, -0.25) is 0 Å². The summed E-state index contributed by atoms with van der Waals surface area (Å²) in [6.45, 7) is 10.9. The maximum atomic E-state index is 4.83. The fourth-order valence-electron chi connectivity index (χ4n) is 2.12. The zero-order valence-corrected chi connectivity index (χ0v) is 13.9. The third-order valence-corrected chi connectivity index (χ3v) is 5.18. The predicted octanol–water partition coefficient (Wildman–Crippen LogP) is 4.47. The number of hydrogen-bond donors (Lipinski definition) is 1. The van der Waals surface area contributed by atoms with E-state index in [4.69, 9.17) is 4.98 Å². The lowest BCUT2D eigenvalue weighted by molar-refractivity contribution is 0.531. The van der Waals surface area contributed by atoms with E-state index in [1.54, 1.807) is 0 Å². The van der Waals surface area contributed by atoms with Crippen LogP contribution in [0.4, 0.5) is 0 Å². The Morgan fingerprint density at radius 2 is 1.95 bits per heavy atom. The number of rotatable bonds is 5. The van der Waals surface area contributed by atoms with Gasteiger partial charge in [0.2, 0.25) is 0 Å². The van der Waals surface area contributed by atoms with Crippen molar-refractivity contribution in [2.75, 3.05) is 0 Å². The van der Waals surface area contributed by atoms with Gasteiger partial charge in [-0.2, -0.15) is 0 Å². The lowest BCUT2D eigenvalue weighted by Gasteiger charge is -2.18. The van der Waals surface area contributed by atoms with Gasteiger partial charge in [-0.1, -0.05) is 6.92 Å². The van der Waals surface area contributed by atoms with E-state index in [1.165, 1.54) is 25.3 Å². The highest BCUT2D eigenvalue weighted by atomic mass is 32.1. The zero-order chi connectivity index (χ0) is 14.0. The molecule has 2 rings (SSSR count). The van der Waals surface area contributed by atoms with Gasteiger partial charge in [0.05, 0.1) is 11.7 Å². The largest absolute Gasteiger partial charge is 0.301 e. The number of thiazole rings is 1. The molecule has 0 fully saturated rings. The minimum atomic E-state index is 0.239. The fourth-order valence-corrected chi connectivity index (χ4v) is 4.23. The number of hydrogen-bond acceptors (Lipinski definition) is 4. The van der Waals surface area contributed by atoms with Crippen LogP contribution in [0.15, 0.2) is 12.1 Å². The van der Waals surface area contributed by atoms with E-state index >= 15 is 0 Å². The first kappa shape index (κ1) is 14.7. The number of thiophene rings is 1. The van der Waals surface area contributed by atoms with Gasteiger partial charge in [-0.15, -0.1) is 22.7 Å². The van der Waals surface area contributed by atoms with E-state index in [1.807, 2.05) is 22.7 Å².